The number of hydrogen-bond donors (Lipinski definition) is 1. The third-order valence-corrected chi connectivity index (χ3v) is 3.22. The summed E-state index contributed by atoms with van der Waals surface area (Å²) in [5.74, 6) is 0.373. The van der Waals surface area contributed by atoms with E-state index in [1.165, 1.54) is 12.1 Å². The average molecular weight is 312 g/mol. The molecule has 0 atom stereocenters. The molecule has 118 valence electrons. The van der Waals surface area contributed by atoms with Gasteiger partial charge in [0, 0.05) is 23.4 Å². The van der Waals surface area contributed by atoms with Gasteiger partial charge in [-0.25, -0.2) is 0 Å². The molecule has 2 aromatic rings. The number of nitrogens with one attached hydrogen (secondary N) is 1. The number of nitro groups is 1. The number of hydrogen-bond acceptors (Lipinski definition) is 4. The van der Waals surface area contributed by atoms with Gasteiger partial charge in [-0.1, -0.05) is 18.2 Å². The van der Waals surface area contributed by atoms with Crippen molar-refractivity contribution in [2.24, 2.45) is 0 Å². The van der Waals surface area contributed by atoms with Crippen LogP contribution in [0.3, 0.4) is 0 Å². The molecular formula is C17H16N2O4. The normalized spacial score (nSPS) is 10.5. The highest BCUT2D eigenvalue weighted by atomic mass is 16.6. The van der Waals surface area contributed by atoms with Gasteiger partial charge in [-0.15, -0.1) is 0 Å². The zero-order chi connectivity index (χ0) is 16.8. The van der Waals surface area contributed by atoms with E-state index < -0.39 is 4.92 Å². The van der Waals surface area contributed by atoms with Crippen LogP contribution in [0, 0.1) is 17.0 Å². The van der Waals surface area contributed by atoms with E-state index in [1.807, 2.05) is 12.1 Å². The molecule has 0 aliphatic rings. The minimum Gasteiger partial charge on any atom is -0.497 e. The number of methoxy groups -OCH3 is 1. The van der Waals surface area contributed by atoms with Crippen LogP contribution in [0.2, 0.25) is 0 Å². The highest BCUT2D eigenvalue weighted by molar-refractivity contribution is 6.02. The molecule has 0 radical (unpaired) electrons. The smallest absolute Gasteiger partial charge is 0.274 e. The predicted molar refractivity (Wildman–Crippen MR) is 88.5 cm³/mol. The minimum atomic E-state index is -0.474. The first-order chi connectivity index (χ1) is 11.0. The Morgan fingerprint density at radius 3 is 2.52 bits per heavy atom. The summed E-state index contributed by atoms with van der Waals surface area (Å²) in [6, 6.07) is 11.8. The molecule has 23 heavy (non-hydrogen) atoms. The van der Waals surface area contributed by atoms with Gasteiger partial charge in [0.25, 0.3) is 5.69 Å². The molecule has 2 aromatic carbocycles. The maximum absolute atomic E-state index is 11.9. The first-order valence-electron chi connectivity index (χ1n) is 6.88. The van der Waals surface area contributed by atoms with Crippen molar-refractivity contribution < 1.29 is 14.5 Å². The molecule has 0 aliphatic carbocycles. The number of carbonyl (C=O) groups excluding carboxylic acids is 1. The molecule has 0 heterocycles. The van der Waals surface area contributed by atoms with E-state index in [0.29, 0.717) is 11.3 Å². The Morgan fingerprint density at radius 1 is 1.22 bits per heavy atom. The van der Waals surface area contributed by atoms with Gasteiger partial charge in [0.1, 0.15) is 5.75 Å². The van der Waals surface area contributed by atoms with Crippen molar-refractivity contribution in [2.45, 2.75) is 6.92 Å². The van der Waals surface area contributed by atoms with E-state index in [-0.39, 0.29) is 11.6 Å². The van der Waals surface area contributed by atoms with Gasteiger partial charge in [-0.2, -0.15) is 0 Å². The quantitative estimate of drug-likeness (QED) is 0.520. The summed E-state index contributed by atoms with van der Waals surface area (Å²) in [7, 11) is 1.58. The maximum Gasteiger partial charge on any atom is 0.274 e. The minimum absolute atomic E-state index is 0.0260. The zero-order valence-electron chi connectivity index (χ0n) is 12.8. The van der Waals surface area contributed by atoms with Crippen molar-refractivity contribution >= 4 is 23.4 Å². The van der Waals surface area contributed by atoms with E-state index >= 15 is 0 Å². The van der Waals surface area contributed by atoms with E-state index in [1.54, 1.807) is 44.4 Å². The fourth-order valence-electron chi connectivity index (χ4n) is 1.95. The number of nitrogens with zero attached hydrogens (tertiary/aromatic N) is 1. The topological polar surface area (TPSA) is 81.5 Å². The van der Waals surface area contributed by atoms with Crippen molar-refractivity contribution in [1.82, 2.24) is 0 Å². The van der Waals surface area contributed by atoms with Crippen LogP contribution in [0.4, 0.5) is 11.4 Å². The molecule has 0 unspecified atom stereocenters. The Morgan fingerprint density at radius 2 is 1.91 bits per heavy atom. The SMILES string of the molecule is COc1ccc(/C=C/C(=O)Nc2ccc(C)c([N+](=O)[O-])c2)cc1. The Balaban J connectivity index is 2.05. The number of carbonyl (C=O) groups is 1. The van der Waals surface area contributed by atoms with Gasteiger partial charge in [-0.05, 0) is 36.8 Å². The second kappa shape index (κ2) is 7.22. The summed E-state index contributed by atoms with van der Waals surface area (Å²) in [6.07, 6.45) is 3.02. The van der Waals surface area contributed by atoms with E-state index in [2.05, 4.69) is 5.32 Å². The van der Waals surface area contributed by atoms with Crippen molar-refractivity contribution in [3.05, 3.63) is 69.8 Å². The van der Waals surface area contributed by atoms with Crippen molar-refractivity contribution in [2.75, 3.05) is 12.4 Å². The zero-order valence-corrected chi connectivity index (χ0v) is 12.8. The number of nitro benzene ring substituents is 1. The molecule has 0 aliphatic heterocycles. The Hall–Kier alpha value is -3.15. The van der Waals surface area contributed by atoms with E-state index in [0.717, 1.165) is 11.3 Å². The van der Waals surface area contributed by atoms with Crippen LogP contribution >= 0.6 is 0 Å². The summed E-state index contributed by atoms with van der Waals surface area (Å²) >= 11 is 0. The largest absolute Gasteiger partial charge is 0.497 e. The summed E-state index contributed by atoms with van der Waals surface area (Å²) < 4.78 is 5.06. The average Bonchev–Trinajstić information content (AvgIpc) is 2.55. The first-order valence-corrected chi connectivity index (χ1v) is 6.88. The number of benzene rings is 2. The van der Waals surface area contributed by atoms with Gasteiger partial charge < -0.3 is 10.1 Å². The van der Waals surface area contributed by atoms with Gasteiger partial charge in [0.05, 0.1) is 12.0 Å². The lowest BCUT2D eigenvalue weighted by Gasteiger charge is -2.04. The molecule has 0 bridgehead atoms. The standard InChI is InChI=1S/C17H16N2O4/c1-12-3-7-14(11-16(12)19(21)22)18-17(20)10-6-13-4-8-15(23-2)9-5-13/h3-11H,1-2H3,(H,18,20)/b10-6+. The van der Waals surface area contributed by atoms with Crippen molar-refractivity contribution in [1.29, 1.82) is 0 Å². The molecule has 1 amide bonds. The lowest BCUT2D eigenvalue weighted by Crippen LogP contribution is -2.08. The summed E-state index contributed by atoms with van der Waals surface area (Å²) in [5.41, 5.74) is 1.74. The van der Waals surface area contributed by atoms with Crippen molar-refractivity contribution in [3.8, 4) is 5.75 Å². The molecule has 6 heteroatoms. The number of aryl methyl sites for hydroxylation is 1. The Kier molecular flexibility index (Phi) is 5.09. The molecule has 0 aromatic heterocycles. The number of ether oxygens (including phenoxy) is 1. The third kappa shape index (κ3) is 4.41. The lowest BCUT2D eigenvalue weighted by molar-refractivity contribution is -0.385. The first kappa shape index (κ1) is 16.2. The number of anilines is 1. The molecule has 0 spiro atoms. The Bertz CT molecular complexity index is 752. The van der Waals surface area contributed by atoms with Gasteiger partial charge in [0.2, 0.25) is 5.91 Å². The van der Waals surface area contributed by atoms with Crippen LogP contribution in [0.15, 0.2) is 48.5 Å². The lowest BCUT2D eigenvalue weighted by atomic mass is 10.2. The molecular weight excluding hydrogens is 296 g/mol. The third-order valence-electron chi connectivity index (χ3n) is 3.22. The molecule has 6 nitrogen and oxygen atoms in total. The number of rotatable bonds is 5. The summed E-state index contributed by atoms with van der Waals surface area (Å²) in [4.78, 5) is 22.3. The van der Waals surface area contributed by atoms with Gasteiger partial charge in [-0.3, -0.25) is 14.9 Å². The van der Waals surface area contributed by atoms with Crippen LogP contribution in [0.1, 0.15) is 11.1 Å². The Labute approximate surface area is 133 Å². The van der Waals surface area contributed by atoms with Crippen LogP contribution < -0.4 is 10.1 Å². The van der Waals surface area contributed by atoms with Crippen LogP contribution in [-0.4, -0.2) is 17.9 Å². The van der Waals surface area contributed by atoms with E-state index in [4.69, 9.17) is 4.74 Å². The molecule has 0 fully saturated rings. The molecule has 1 N–H and O–H groups in total. The van der Waals surface area contributed by atoms with Gasteiger partial charge in [0.15, 0.2) is 0 Å². The molecule has 2 rings (SSSR count). The molecule has 0 saturated heterocycles. The summed E-state index contributed by atoms with van der Waals surface area (Å²) in [5, 5.41) is 13.5. The second-order valence-corrected chi connectivity index (χ2v) is 4.85. The molecule has 0 saturated carbocycles. The van der Waals surface area contributed by atoms with Crippen LogP contribution in [0.5, 0.6) is 5.75 Å². The fraction of sp³-hybridized carbons (Fsp3) is 0.118. The highest BCUT2D eigenvalue weighted by Gasteiger charge is 2.11. The summed E-state index contributed by atoms with van der Waals surface area (Å²) in [6.45, 7) is 1.65. The highest BCUT2D eigenvalue weighted by Crippen LogP contribution is 2.22. The van der Waals surface area contributed by atoms with Gasteiger partial charge >= 0.3 is 0 Å². The maximum atomic E-state index is 11.9. The van der Waals surface area contributed by atoms with Crippen LogP contribution in [0.25, 0.3) is 6.08 Å². The monoisotopic (exact) mass is 312 g/mol. The predicted octanol–water partition coefficient (Wildman–Crippen LogP) is 3.56. The van der Waals surface area contributed by atoms with E-state index in [9.17, 15) is 14.9 Å². The van der Waals surface area contributed by atoms with Crippen molar-refractivity contribution in [3.63, 3.8) is 0 Å². The fourth-order valence-corrected chi connectivity index (χ4v) is 1.95. The number of amides is 1. The van der Waals surface area contributed by atoms with Crippen LogP contribution in [-0.2, 0) is 4.79 Å². The second-order valence-electron chi connectivity index (χ2n) is 4.85.